The number of carboxylic acids is 1. The van der Waals surface area contributed by atoms with Crippen molar-refractivity contribution in [2.45, 2.75) is 138 Å². The first-order valence-electron chi connectivity index (χ1n) is 25.0. The van der Waals surface area contributed by atoms with Crippen LogP contribution in [0.25, 0.3) is 21.5 Å². The largest absolute Gasteiger partial charge is 0.490 e. The zero-order valence-corrected chi connectivity index (χ0v) is 40.1. The highest BCUT2D eigenvalue weighted by molar-refractivity contribution is 5.85. The van der Waals surface area contributed by atoms with Crippen LogP contribution in [0.5, 0.6) is 11.5 Å². The van der Waals surface area contributed by atoms with Crippen molar-refractivity contribution in [2.75, 3.05) is 32.8 Å². The summed E-state index contributed by atoms with van der Waals surface area (Å²) in [5, 5.41) is 14.1. The van der Waals surface area contributed by atoms with Gasteiger partial charge in [0.15, 0.2) is 0 Å². The molecule has 8 rings (SSSR count). The van der Waals surface area contributed by atoms with Crippen LogP contribution in [0.15, 0.2) is 72.8 Å². The van der Waals surface area contributed by atoms with Crippen molar-refractivity contribution in [3.63, 3.8) is 0 Å². The summed E-state index contributed by atoms with van der Waals surface area (Å²) in [5.41, 5.74) is 2.61. The number of fused-ring (bicyclic) bond motifs is 2. The van der Waals surface area contributed by atoms with Crippen LogP contribution in [-0.2, 0) is 27.4 Å². The van der Waals surface area contributed by atoms with Gasteiger partial charge in [-0.15, -0.1) is 0 Å². The average Bonchev–Trinajstić information content (AvgIpc) is 3.27. The molecule has 0 aromatic heterocycles. The molecule has 4 aromatic rings. The van der Waals surface area contributed by atoms with Gasteiger partial charge in [0.2, 0.25) is 0 Å². The SMILES string of the molecule is CC(C)[C@@H]1CC[C@@H](C)C[C@H]1Oc1ccc2cc(CN3CCC(C(=O)O)CC3)ccc2c1.CCOC(=O)C1CCN(Cc2ccc3cc(O[C@@H]4C[C@H](C)CC[C@H]4C(C)C)ccc3c2)CC1. The Kier molecular flexibility index (Phi) is 16.7. The summed E-state index contributed by atoms with van der Waals surface area (Å²) in [7, 11) is 0. The molecule has 2 saturated heterocycles. The molecule has 2 heterocycles. The Balaban J connectivity index is 0.000000192. The smallest absolute Gasteiger partial charge is 0.309 e. The predicted octanol–water partition coefficient (Wildman–Crippen LogP) is 12.4. The van der Waals surface area contributed by atoms with Crippen LogP contribution < -0.4 is 9.47 Å². The molecule has 8 nitrogen and oxygen atoms in total. The number of benzene rings is 4. The maximum absolute atomic E-state index is 12.0. The Morgan fingerprint density at radius 1 is 0.578 bits per heavy atom. The van der Waals surface area contributed by atoms with Crippen LogP contribution in [0.3, 0.4) is 0 Å². The monoisotopic (exact) mass is 875 g/mol. The molecule has 0 radical (unpaired) electrons. The van der Waals surface area contributed by atoms with E-state index in [2.05, 4.69) is 124 Å². The Hall–Kier alpha value is -4.14. The van der Waals surface area contributed by atoms with Gasteiger partial charge in [-0.05, 0) is 189 Å². The molecule has 2 saturated carbocycles. The van der Waals surface area contributed by atoms with Crippen molar-refractivity contribution in [3.8, 4) is 11.5 Å². The summed E-state index contributed by atoms with van der Waals surface area (Å²) >= 11 is 0. The molecule has 4 aromatic carbocycles. The molecule has 0 unspecified atom stereocenters. The zero-order chi connectivity index (χ0) is 45.3. The Morgan fingerprint density at radius 2 is 0.984 bits per heavy atom. The number of carbonyl (C=O) groups excluding carboxylic acids is 1. The quantitative estimate of drug-likeness (QED) is 0.133. The van der Waals surface area contributed by atoms with Gasteiger partial charge in [-0.3, -0.25) is 19.4 Å². The van der Waals surface area contributed by atoms with Crippen molar-refractivity contribution >= 4 is 33.5 Å². The number of carboxylic acid groups (broad SMARTS) is 1. The lowest BCUT2D eigenvalue weighted by molar-refractivity contribution is -0.149. The first kappa shape index (κ1) is 47.8. The maximum atomic E-state index is 12.0. The highest BCUT2D eigenvalue weighted by Gasteiger charge is 2.34. The van der Waals surface area contributed by atoms with E-state index in [9.17, 15) is 14.7 Å². The molecule has 8 heteroatoms. The fourth-order valence-electron chi connectivity index (χ4n) is 11.2. The van der Waals surface area contributed by atoms with E-state index < -0.39 is 5.97 Å². The number of esters is 1. The summed E-state index contributed by atoms with van der Waals surface area (Å²) in [6.45, 7) is 21.8. The van der Waals surface area contributed by atoms with E-state index in [1.165, 1.54) is 58.4 Å². The van der Waals surface area contributed by atoms with Gasteiger partial charge in [0, 0.05) is 13.1 Å². The van der Waals surface area contributed by atoms with Crippen LogP contribution in [0, 0.1) is 47.3 Å². The molecule has 2 aliphatic heterocycles. The minimum absolute atomic E-state index is 0.0247. The van der Waals surface area contributed by atoms with Gasteiger partial charge in [-0.25, -0.2) is 0 Å². The number of ether oxygens (including phenoxy) is 3. The van der Waals surface area contributed by atoms with Crippen LogP contribution in [0.4, 0.5) is 0 Å². The first-order chi connectivity index (χ1) is 30.8. The average molecular weight is 875 g/mol. The standard InChI is InChI=1S/C29H41NO3.C27H37NO3/c1-5-32-29(31)23-12-14-30(15-13-23)19-22-7-8-25-18-26(10-9-24(25)17-22)33-28-16-21(4)6-11-27(28)20(2)3;1-18(2)25-9-4-19(3)14-26(25)31-24-8-7-22-15-20(5-6-23(22)16-24)17-28-12-10-21(11-13-28)27(29)30/h7-10,17-18,20-21,23,27-28H,5-6,11-16,19H2,1-4H3;5-8,15-16,18-19,21,25-26H,4,9-14,17H2,1-3H3,(H,29,30)/t21-,27+,28-;19-,25+,26-/m11/s1. The molecule has 1 N–H and O–H groups in total. The zero-order valence-electron chi connectivity index (χ0n) is 40.1. The predicted molar refractivity (Wildman–Crippen MR) is 260 cm³/mol. The van der Waals surface area contributed by atoms with E-state index in [0.717, 1.165) is 101 Å². The lowest BCUT2D eigenvalue weighted by atomic mass is 9.75. The molecule has 2 aliphatic carbocycles. The molecule has 0 spiro atoms. The highest BCUT2D eigenvalue weighted by atomic mass is 16.5. The number of carbonyl (C=O) groups is 2. The first-order valence-corrected chi connectivity index (χ1v) is 25.0. The molecule has 6 atom stereocenters. The van der Waals surface area contributed by atoms with Gasteiger partial charge >= 0.3 is 11.9 Å². The number of piperidine rings is 2. The summed E-state index contributed by atoms with van der Waals surface area (Å²) in [6.07, 6.45) is 11.4. The maximum Gasteiger partial charge on any atom is 0.309 e. The van der Waals surface area contributed by atoms with Gasteiger partial charge in [0.1, 0.15) is 23.7 Å². The molecule has 0 bridgehead atoms. The topological polar surface area (TPSA) is 88.5 Å². The third kappa shape index (κ3) is 12.8. The number of nitrogens with zero attached hydrogens (tertiary/aromatic N) is 2. The van der Waals surface area contributed by atoms with Gasteiger partial charge in [-0.2, -0.15) is 0 Å². The van der Waals surface area contributed by atoms with E-state index in [4.69, 9.17) is 14.2 Å². The minimum Gasteiger partial charge on any atom is -0.490 e. The fraction of sp³-hybridized carbons (Fsp3) is 0.607. The van der Waals surface area contributed by atoms with E-state index >= 15 is 0 Å². The van der Waals surface area contributed by atoms with Crippen molar-refractivity contribution in [2.24, 2.45) is 47.3 Å². The Bertz CT molecular complexity index is 2130. The van der Waals surface area contributed by atoms with E-state index in [1.807, 2.05) is 6.92 Å². The molecule has 64 heavy (non-hydrogen) atoms. The third-order valence-corrected chi connectivity index (χ3v) is 15.2. The van der Waals surface area contributed by atoms with Gasteiger partial charge < -0.3 is 19.3 Å². The lowest BCUT2D eigenvalue weighted by Crippen LogP contribution is -2.36. The second-order valence-corrected chi connectivity index (χ2v) is 20.8. The normalized spacial score (nSPS) is 25.3. The van der Waals surface area contributed by atoms with Gasteiger partial charge in [0.25, 0.3) is 0 Å². The summed E-state index contributed by atoms with van der Waals surface area (Å²) < 4.78 is 18.3. The fourth-order valence-corrected chi connectivity index (χ4v) is 11.2. The van der Waals surface area contributed by atoms with Gasteiger partial charge in [-0.1, -0.05) is 90.8 Å². The second kappa shape index (κ2) is 22.4. The summed E-state index contributed by atoms with van der Waals surface area (Å²) in [4.78, 5) is 28.0. The minimum atomic E-state index is -0.647. The van der Waals surface area contributed by atoms with Crippen LogP contribution in [-0.4, -0.2) is 71.8 Å². The Morgan fingerprint density at radius 3 is 1.39 bits per heavy atom. The summed E-state index contributed by atoms with van der Waals surface area (Å²) in [5.74, 6) is 5.29. The molecular formula is C56H78N2O6. The molecule has 4 aliphatic rings. The highest BCUT2D eigenvalue weighted by Crippen LogP contribution is 2.38. The number of hydrogen-bond acceptors (Lipinski definition) is 7. The van der Waals surface area contributed by atoms with Crippen LogP contribution in [0.2, 0.25) is 0 Å². The summed E-state index contributed by atoms with van der Waals surface area (Å²) in [6, 6.07) is 26.5. The second-order valence-electron chi connectivity index (χ2n) is 20.8. The molecule has 348 valence electrons. The van der Waals surface area contributed by atoms with Crippen LogP contribution in [0.1, 0.15) is 124 Å². The molecule has 0 amide bonds. The lowest BCUT2D eigenvalue weighted by Gasteiger charge is -2.37. The van der Waals surface area contributed by atoms with Crippen LogP contribution >= 0.6 is 0 Å². The van der Waals surface area contributed by atoms with Crippen molar-refractivity contribution < 1.29 is 28.9 Å². The Labute approximate surface area is 384 Å². The van der Waals surface area contributed by atoms with E-state index in [1.54, 1.807) is 0 Å². The number of hydrogen-bond donors (Lipinski definition) is 1. The van der Waals surface area contributed by atoms with Crippen molar-refractivity contribution in [1.82, 2.24) is 9.80 Å². The molecular weight excluding hydrogens is 797 g/mol. The number of aliphatic carboxylic acids is 1. The van der Waals surface area contributed by atoms with Crippen molar-refractivity contribution in [3.05, 3.63) is 83.9 Å². The van der Waals surface area contributed by atoms with Gasteiger partial charge in [0.05, 0.1) is 18.4 Å². The van der Waals surface area contributed by atoms with Crippen molar-refractivity contribution in [1.29, 1.82) is 0 Å². The number of likely N-dealkylation sites (tertiary alicyclic amines) is 2. The third-order valence-electron chi connectivity index (χ3n) is 15.2. The van der Waals surface area contributed by atoms with E-state index in [-0.39, 0.29) is 17.8 Å². The molecule has 4 fully saturated rings. The number of rotatable bonds is 13. The van der Waals surface area contributed by atoms with E-state index in [0.29, 0.717) is 42.5 Å².